The number of nitrogens with zero attached hydrogens (tertiary/aromatic N) is 5. The quantitative estimate of drug-likeness (QED) is 0.689. The third-order valence-corrected chi connectivity index (χ3v) is 5.99. The first-order chi connectivity index (χ1) is 12.7. The van der Waals surface area contributed by atoms with Crippen LogP contribution in [-0.2, 0) is 19.9 Å². The lowest BCUT2D eigenvalue weighted by Gasteiger charge is -2.31. The van der Waals surface area contributed by atoms with Gasteiger partial charge in [-0.05, 0) is 36.5 Å². The molecule has 136 valence electrons. The van der Waals surface area contributed by atoms with Crippen LogP contribution in [-0.4, -0.2) is 32.8 Å². The minimum atomic E-state index is -0.208. The maximum atomic E-state index is 13.0. The number of benzene rings is 1. The molecule has 0 radical (unpaired) electrons. The molecule has 0 saturated carbocycles. The van der Waals surface area contributed by atoms with Crippen LogP contribution in [0.2, 0.25) is 0 Å². The Kier molecular flexibility index (Phi) is 4.97. The van der Waals surface area contributed by atoms with E-state index in [2.05, 4.69) is 31.7 Å². The van der Waals surface area contributed by atoms with Crippen LogP contribution in [0.25, 0.3) is 0 Å². The van der Waals surface area contributed by atoms with Crippen molar-refractivity contribution in [1.82, 2.24) is 19.7 Å². The van der Waals surface area contributed by atoms with E-state index in [1.807, 2.05) is 12.4 Å². The second kappa shape index (κ2) is 7.53. The molecule has 1 aliphatic rings. The average molecular weight is 371 g/mol. The fourth-order valence-corrected chi connectivity index (χ4v) is 4.33. The first-order valence-corrected chi connectivity index (χ1v) is 9.77. The number of anilines is 1. The Labute approximate surface area is 156 Å². The van der Waals surface area contributed by atoms with Gasteiger partial charge in [0.1, 0.15) is 16.6 Å². The summed E-state index contributed by atoms with van der Waals surface area (Å²) >= 11 is 1.64. The molecule has 0 amide bonds. The predicted molar refractivity (Wildman–Crippen MR) is 101 cm³/mol. The number of hydrogen-bond donors (Lipinski definition) is 0. The standard InChI is InChI=1S/C19H22FN5S/c1-24-11-8-21-17(24)12-15-6-9-25(10-7-15)19-23-22-18(26-19)13-14-2-4-16(20)5-3-14/h2-5,8,11,15H,6-7,9-10,12-13H2,1H3. The fraction of sp³-hybridized carbons (Fsp3) is 0.421. The molecule has 2 aromatic heterocycles. The summed E-state index contributed by atoms with van der Waals surface area (Å²) in [6.07, 6.45) is 7.93. The van der Waals surface area contributed by atoms with Crippen LogP contribution >= 0.6 is 11.3 Å². The highest BCUT2D eigenvalue weighted by molar-refractivity contribution is 7.15. The Morgan fingerprint density at radius 2 is 1.92 bits per heavy atom. The summed E-state index contributed by atoms with van der Waals surface area (Å²) < 4.78 is 15.1. The van der Waals surface area contributed by atoms with Gasteiger partial charge >= 0.3 is 0 Å². The van der Waals surface area contributed by atoms with Gasteiger partial charge in [-0.1, -0.05) is 23.5 Å². The third kappa shape index (κ3) is 3.93. The highest BCUT2D eigenvalue weighted by Gasteiger charge is 2.23. The number of halogens is 1. The second-order valence-corrected chi connectivity index (χ2v) is 7.91. The smallest absolute Gasteiger partial charge is 0.208 e. The number of rotatable bonds is 5. The molecular formula is C19H22FN5S. The average Bonchev–Trinajstić information content (AvgIpc) is 3.27. The number of aryl methyl sites for hydroxylation is 1. The van der Waals surface area contributed by atoms with E-state index in [4.69, 9.17) is 0 Å². The maximum absolute atomic E-state index is 13.0. The van der Waals surface area contributed by atoms with Gasteiger partial charge in [-0.3, -0.25) is 0 Å². The van der Waals surface area contributed by atoms with Crippen molar-refractivity contribution < 1.29 is 4.39 Å². The van der Waals surface area contributed by atoms with E-state index >= 15 is 0 Å². The van der Waals surface area contributed by atoms with Crippen molar-refractivity contribution in [3.05, 3.63) is 58.9 Å². The molecule has 0 spiro atoms. The SMILES string of the molecule is Cn1ccnc1CC1CCN(c2nnc(Cc3ccc(F)cc3)s2)CC1. The number of aromatic nitrogens is 4. The van der Waals surface area contributed by atoms with E-state index in [1.165, 1.54) is 18.0 Å². The van der Waals surface area contributed by atoms with Crippen molar-refractivity contribution in [3.8, 4) is 0 Å². The zero-order valence-electron chi connectivity index (χ0n) is 14.8. The van der Waals surface area contributed by atoms with E-state index < -0.39 is 0 Å². The van der Waals surface area contributed by atoms with Crippen LogP contribution in [0.4, 0.5) is 9.52 Å². The first-order valence-electron chi connectivity index (χ1n) is 8.95. The molecule has 4 rings (SSSR count). The van der Waals surface area contributed by atoms with Crippen LogP contribution in [0, 0.1) is 11.7 Å². The molecule has 0 atom stereocenters. The largest absolute Gasteiger partial charge is 0.347 e. The third-order valence-electron chi connectivity index (χ3n) is 5.00. The predicted octanol–water partition coefficient (Wildman–Crippen LogP) is 3.46. The maximum Gasteiger partial charge on any atom is 0.208 e. The van der Waals surface area contributed by atoms with Gasteiger partial charge in [0, 0.05) is 45.4 Å². The molecule has 1 fully saturated rings. The van der Waals surface area contributed by atoms with Gasteiger partial charge in [0.2, 0.25) is 5.13 Å². The molecule has 0 aliphatic carbocycles. The minimum Gasteiger partial charge on any atom is -0.347 e. The van der Waals surface area contributed by atoms with Crippen LogP contribution in [0.1, 0.15) is 29.2 Å². The zero-order chi connectivity index (χ0) is 17.9. The molecule has 5 nitrogen and oxygen atoms in total. The Hall–Kier alpha value is -2.28. The normalized spacial score (nSPS) is 15.5. The lowest BCUT2D eigenvalue weighted by Crippen LogP contribution is -2.34. The molecular weight excluding hydrogens is 349 g/mol. The summed E-state index contributed by atoms with van der Waals surface area (Å²) in [6.45, 7) is 2.03. The Balaban J connectivity index is 1.32. The monoisotopic (exact) mass is 371 g/mol. The molecule has 0 bridgehead atoms. The van der Waals surface area contributed by atoms with Crippen molar-refractivity contribution in [1.29, 1.82) is 0 Å². The topological polar surface area (TPSA) is 46.8 Å². The van der Waals surface area contributed by atoms with E-state index in [0.29, 0.717) is 12.3 Å². The van der Waals surface area contributed by atoms with Gasteiger partial charge in [0.25, 0.3) is 0 Å². The first kappa shape index (κ1) is 17.1. The molecule has 3 heterocycles. The van der Waals surface area contributed by atoms with Crippen molar-refractivity contribution in [2.24, 2.45) is 13.0 Å². The summed E-state index contributed by atoms with van der Waals surface area (Å²) in [4.78, 5) is 6.78. The summed E-state index contributed by atoms with van der Waals surface area (Å²) in [5, 5.41) is 10.7. The highest BCUT2D eigenvalue weighted by atomic mass is 32.1. The fourth-order valence-electron chi connectivity index (χ4n) is 3.40. The van der Waals surface area contributed by atoms with E-state index in [9.17, 15) is 4.39 Å². The van der Waals surface area contributed by atoms with Crippen LogP contribution in [0.3, 0.4) is 0 Å². The van der Waals surface area contributed by atoms with Gasteiger partial charge < -0.3 is 9.47 Å². The summed E-state index contributed by atoms with van der Waals surface area (Å²) in [5.41, 5.74) is 1.06. The Morgan fingerprint density at radius 3 is 2.62 bits per heavy atom. The van der Waals surface area contributed by atoms with Gasteiger partial charge in [0.15, 0.2) is 0 Å². The molecule has 7 heteroatoms. The summed E-state index contributed by atoms with van der Waals surface area (Å²) in [6, 6.07) is 6.59. The van der Waals surface area contributed by atoms with Crippen molar-refractivity contribution in [2.45, 2.75) is 25.7 Å². The van der Waals surface area contributed by atoms with E-state index in [1.54, 1.807) is 23.5 Å². The van der Waals surface area contributed by atoms with Crippen molar-refractivity contribution in [3.63, 3.8) is 0 Å². The second-order valence-electron chi connectivity index (χ2n) is 6.87. The molecule has 1 saturated heterocycles. The minimum absolute atomic E-state index is 0.208. The van der Waals surface area contributed by atoms with Gasteiger partial charge in [-0.15, -0.1) is 10.2 Å². The Bertz CT molecular complexity index is 849. The molecule has 0 N–H and O–H groups in total. The highest BCUT2D eigenvalue weighted by Crippen LogP contribution is 2.28. The number of piperidine rings is 1. The molecule has 1 aromatic carbocycles. The zero-order valence-corrected chi connectivity index (χ0v) is 15.6. The Morgan fingerprint density at radius 1 is 1.15 bits per heavy atom. The lowest BCUT2D eigenvalue weighted by atomic mass is 9.93. The van der Waals surface area contributed by atoms with E-state index in [-0.39, 0.29) is 5.82 Å². The van der Waals surface area contributed by atoms with Gasteiger partial charge in [-0.25, -0.2) is 9.37 Å². The van der Waals surface area contributed by atoms with Crippen LogP contribution in [0.15, 0.2) is 36.7 Å². The molecule has 1 aliphatic heterocycles. The van der Waals surface area contributed by atoms with Gasteiger partial charge in [0.05, 0.1) is 0 Å². The lowest BCUT2D eigenvalue weighted by molar-refractivity contribution is 0.393. The summed E-state index contributed by atoms with van der Waals surface area (Å²) in [7, 11) is 2.06. The van der Waals surface area contributed by atoms with Crippen LogP contribution < -0.4 is 4.90 Å². The van der Waals surface area contributed by atoms with Crippen molar-refractivity contribution in [2.75, 3.05) is 18.0 Å². The molecule has 0 unspecified atom stereocenters. The molecule has 26 heavy (non-hydrogen) atoms. The van der Waals surface area contributed by atoms with Crippen molar-refractivity contribution >= 4 is 16.5 Å². The molecule has 3 aromatic rings. The number of imidazole rings is 1. The van der Waals surface area contributed by atoms with E-state index in [0.717, 1.165) is 48.1 Å². The number of hydrogen-bond acceptors (Lipinski definition) is 5. The summed E-state index contributed by atoms with van der Waals surface area (Å²) in [5.74, 6) is 1.64. The van der Waals surface area contributed by atoms with Crippen LogP contribution in [0.5, 0.6) is 0 Å². The van der Waals surface area contributed by atoms with Gasteiger partial charge in [-0.2, -0.15) is 0 Å².